The number of pyridine rings is 1. The van der Waals surface area contributed by atoms with Crippen LogP contribution in [0.3, 0.4) is 0 Å². The molecule has 1 aliphatic carbocycles. The Morgan fingerprint density at radius 2 is 2.09 bits per heavy atom. The number of carbonyl (C=O) groups excluding carboxylic acids is 2. The number of aromatic nitrogens is 1. The summed E-state index contributed by atoms with van der Waals surface area (Å²) in [4.78, 5) is 39.1. The zero-order chi connectivity index (χ0) is 16.6. The Balaban J connectivity index is 1.86. The molecule has 2 N–H and O–H groups in total. The summed E-state index contributed by atoms with van der Waals surface area (Å²) in [5, 5.41) is 2.72. The van der Waals surface area contributed by atoms with Crippen molar-refractivity contribution in [3.63, 3.8) is 0 Å². The molecule has 1 aliphatic rings. The molecule has 1 amide bonds. The Kier molecular flexibility index (Phi) is 3.90. The van der Waals surface area contributed by atoms with Crippen LogP contribution < -0.4 is 10.9 Å². The maximum Gasteiger partial charge on any atom is 0.261 e. The number of aryl methyl sites for hydroxylation is 2. The van der Waals surface area contributed by atoms with Gasteiger partial charge in [0.05, 0.1) is 6.04 Å². The van der Waals surface area contributed by atoms with Gasteiger partial charge in [-0.15, -0.1) is 0 Å². The van der Waals surface area contributed by atoms with Gasteiger partial charge in [0, 0.05) is 17.7 Å². The number of carbonyl (C=O) groups is 2. The van der Waals surface area contributed by atoms with Crippen LogP contribution in [0.5, 0.6) is 0 Å². The molecule has 0 bridgehead atoms. The third kappa shape index (κ3) is 2.97. The lowest BCUT2D eigenvalue weighted by Crippen LogP contribution is -2.33. The Morgan fingerprint density at radius 3 is 2.78 bits per heavy atom. The van der Waals surface area contributed by atoms with Crippen molar-refractivity contribution >= 4 is 11.7 Å². The highest BCUT2D eigenvalue weighted by Gasteiger charge is 2.23. The summed E-state index contributed by atoms with van der Waals surface area (Å²) >= 11 is 0. The van der Waals surface area contributed by atoms with E-state index in [9.17, 15) is 14.4 Å². The van der Waals surface area contributed by atoms with Crippen molar-refractivity contribution in [1.82, 2.24) is 10.3 Å². The fourth-order valence-corrected chi connectivity index (χ4v) is 2.78. The molecule has 6 nitrogen and oxygen atoms in total. The van der Waals surface area contributed by atoms with Crippen molar-refractivity contribution in [3.8, 4) is 0 Å². The van der Waals surface area contributed by atoms with E-state index in [0.717, 1.165) is 12.2 Å². The average molecular weight is 314 g/mol. The predicted octanol–water partition coefficient (Wildman–Crippen LogP) is 2.29. The quantitative estimate of drug-likeness (QED) is 0.909. The third-order valence-corrected chi connectivity index (χ3v) is 4.03. The molecule has 0 saturated heterocycles. The van der Waals surface area contributed by atoms with Crippen molar-refractivity contribution in [2.75, 3.05) is 0 Å². The van der Waals surface area contributed by atoms with Crippen LogP contribution in [0.4, 0.5) is 0 Å². The molecule has 0 fully saturated rings. The molecule has 2 aromatic heterocycles. The lowest BCUT2D eigenvalue weighted by molar-refractivity contribution is 0.0933. The summed E-state index contributed by atoms with van der Waals surface area (Å²) in [7, 11) is 0. The molecular weight excluding hydrogens is 296 g/mol. The zero-order valence-electron chi connectivity index (χ0n) is 13.1. The molecule has 0 radical (unpaired) electrons. The number of ketones is 1. The van der Waals surface area contributed by atoms with E-state index >= 15 is 0 Å². The average Bonchev–Trinajstić information content (AvgIpc) is 2.93. The van der Waals surface area contributed by atoms with Crippen LogP contribution in [0, 0.1) is 6.92 Å². The molecule has 0 unspecified atom stereocenters. The summed E-state index contributed by atoms with van der Waals surface area (Å²) in [5.74, 6) is 0.805. The summed E-state index contributed by atoms with van der Waals surface area (Å²) in [6, 6.07) is 4.62. The van der Waals surface area contributed by atoms with Gasteiger partial charge in [-0.2, -0.15) is 0 Å². The van der Waals surface area contributed by atoms with E-state index in [0.29, 0.717) is 29.9 Å². The van der Waals surface area contributed by atoms with Gasteiger partial charge in [0.15, 0.2) is 5.78 Å². The van der Waals surface area contributed by atoms with Gasteiger partial charge in [0.25, 0.3) is 11.5 Å². The Labute approximate surface area is 132 Å². The summed E-state index contributed by atoms with van der Waals surface area (Å²) in [6.45, 7) is 3.59. The van der Waals surface area contributed by atoms with Crippen molar-refractivity contribution in [2.24, 2.45) is 0 Å². The minimum absolute atomic E-state index is 0.0359. The highest BCUT2D eigenvalue weighted by atomic mass is 16.3. The van der Waals surface area contributed by atoms with Crippen LogP contribution in [0.25, 0.3) is 0 Å². The molecule has 2 aromatic rings. The number of fused-ring (bicyclic) bond motifs is 1. The molecule has 2 heterocycles. The van der Waals surface area contributed by atoms with Gasteiger partial charge >= 0.3 is 0 Å². The van der Waals surface area contributed by atoms with Crippen LogP contribution in [0.15, 0.2) is 27.4 Å². The minimum Gasteiger partial charge on any atom is -0.464 e. The molecule has 1 atom stereocenters. The lowest BCUT2D eigenvalue weighted by atomic mass is 9.93. The van der Waals surface area contributed by atoms with E-state index in [4.69, 9.17) is 4.42 Å². The van der Waals surface area contributed by atoms with Gasteiger partial charge in [0.2, 0.25) is 0 Å². The van der Waals surface area contributed by atoms with Gasteiger partial charge in [-0.05, 0) is 44.9 Å². The molecular formula is C17H18N2O4. The Bertz CT molecular complexity index is 831. The molecule has 0 aromatic carbocycles. The van der Waals surface area contributed by atoms with Crippen molar-refractivity contribution in [1.29, 1.82) is 0 Å². The maximum atomic E-state index is 12.4. The minimum atomic E-state index is -0.519. The van der Waals surface area contributed by atoms with Crippen molar-refractivity contribution in [2.45, 2.75) is 39.2 Å². The van der Waals surface area contributed by atoms with Gasteiger partial charge in [-0.25, -0.2) is 0 Å². The third-order valence-electron chi connectivity index (χ3n) is 4.03. The molecule has 6 heteroatoms. The summed E-state index contributed by atoms with van der Waals surface area (Å²) in [5.41, 5.74) is 0.549. The highest BCUT2D eigenvalue weighted by Crippen LogP contribution is 2.20. The summed E-state index contributed by atoms with van der Waals surface area (Å²) < 4.78 is 5.47. The first-order chi connectivity index (χ1) is 11.0. The normalized spacial score (nSPS) is 15.1. The number of aromatic amines is 1. The van der Waals surface area contributed by atoms with E-state index in [1.165, 1.54) is 6.07 Å². The number of nitrogens with one attached hydrogen (secondary N) is 2. The number of hydrogen-bond donors (Lipinski definition) is 2. The summed E-state index contributed by atoms with van der Waals surface area (Å²) in [6.07, 6.45) is 1.82. The van der Waals surface area contributed by atoms with Gasteiger partial charge < -0.3 is 14.7 Å². The van der Waals surface area contributed by atoms with Crippen LogP contribution in [0.1, 0.15) is 63.7 Å². The number of amides is 1. The highest BCUT2D eigenvalue weighted by molar-refractivity contribution is 6.01. The molecule has 23 heavy (non-hydrogen) atoms. The first-order valence-corrected chi connectivity index (χ1v) is 7.62. The SMILES string of the molecule is Cc1ccc([C@H](C)NC(=O)c2cc3c([nH]c2=O)CCCC3=O)o1. The standard InChI is InChI=1S/C17H18N2O4/c1-9-6-7-15(23-9)10(2)18-16(21)12-8-11-13(19-17(12)22)4-3-5-14(11)20/h6-8,10H,3-5H2,1-2H3,(H,18,21)(H,19,22)/t10-/m0/s1. The second-order valence-electron chi connectivity index (χ2n) is 5.82. The van der Waals surface area contributed by atoms with Crippen LogP contribution >= 0.6 is 0 Å². The molecule has 120 valence electrons. The zero-order valence-corrected chi connectivity index (χ0v) is 13.1. The Hall–Kier alpha value is -2.63. The first-order valence-electron chi connectivity index (χ1n) is 7.62. The molecule has 0 aliphatic heterocycles. The molecule has 0 saturated carbocycles. The van der Waals surface area contributed by atoms with Gasteiger partial charge in [0.1, 0.15) is 17.1 Å². The van der Waals surface area contributed by atoms with Crippen molar-refractivity contribution in [3.05, 3.63) is 56.9 Å². The number of rotatable bonds is 3. The van der Waals surface area contributed by atoms with Crippen molar-refractivity contribution < 1.29 is 14.0 Å². The fraction of sp³-hybridized carbons (Fsp3) is 0.353. The van der Waals surface area contributed by atoms with E-state index < -0.39 is 11.5 Å². The number of Topliss-reactive ketones (excluding diaryl/α,β-unsaturated/α-hetero) is 1. The van der Waals surface area contributed by atoms with Crippen LogP contribution in [-0.2, 0) is 6.42 Å². The second kappa shape index (κ2) is 5.87. The maximum absolute atomic E-state index is 12.4. The van der Waals surface area contributed by atoms with E-state index in [1.807, 2.05) is 13.0 Å². The number of hydrogen-bond acceptors (Lipinski definition) is 4. The van der Waals surface area contributed by atoms with Gasteiger partial charge in [-0.1, -0.05) is 0 Å². The molecule has 3 rings (SSSR count). The van der Waals surface area contributed by atoms with E-state index in [-0.39, 0.29) is 17.4 Å². The predicted molar refractivity (Wildman–Crippen MR) is 83.7 cm³/mol. The van der Waals surface area contributed by atoms with E-state index in [1.54, 1.807) is 13.0 Å². The van der Waals surface area contributed by atoms with Crippen LogP contribution in [0.2, 0.25) is 0 Å². The monoisotopic (exact) mass is 314 g/mol. The number of furan rings is 1. The van der Waals surface area contributed by atoms with Gasteiger partial charge in [-0.3, -0.25) is 14.4 Å². The number of H-pyrrole nitrogens is 1. The van der Waals surface area contributed by atoms with E-state index in [2.05, 4.69) is 10.3 Å². The largest absolute Gasteiger partial charge is 0.464 e. The fourth-order valence-electron chi connectivity index (χ4n) is 2.78. The topological polar surface area (TPSA) is 92.2 Å². The Morgan fingerprint density at radius 1 is 1.30 bits per heavy atom. The second-order valence-corrected chi connectivity index (χ2v) is 5.82. The smallest absolute Gasteiger partial charge is 0.261 e. The lowest BCUT2D eigenvalue weighted by Gasteiger charge is -2.16. The molecule has 0 spiro atoms. The first kappa shape index (κ1) is 15.3. The van der Waals surface area contributed by atoms with Crippen LogP contribution in [-0.4, -0.2) is 16.7 Å².